The monoisotopic (exact) mass is 479 g/mol. The van der Waals surface area contributed by atoms with Gasteiger partial charge >= 0.3 is 12.1 Å². The maximum atomic E-state index is 12.6. The summed E-state index contributed by atoms with van der Waals surface area (Å²) in [6.45, 7) is 5.07. The molecule has 10 heteroatoms. The standard InChI is InChI=1S/C22H27N3O2.C2HF3O2/c1-2-25(16-17-7-11-23-12-8-17)22(27)6-5-21(26)20-4-3-18-9-13-24-14-10-19(18)15-20;3-2(4,5)1(6)7/h3-4,7-8,11-12,15,24H,2,5-6,9-10,13-14,16H2,1H3;(H,6,7). The summed E-state index contributed by atoms with van der Waals surface area (Å²) in [5.74, 6) is -2.70. The molecule has 34 heavy (non-hydrogen) atoms. The van der Waals surface area contributed by atoms with E-state index >= 15 is 0 Å². The van der Waals surface area contributed by atoms with Gasteiger partial charge in [-0.05, 0) is 67.7 Å². The van der Waals surface area contributed by atoms with Crippen molar-refractivity contribution in [3.63, 3.8) is 0 Å². The highest BCUT2D eigenvalue weighted by Crippen LogP contribution is 2.17. The molecule has 0 fully saturated rings. The fraction of sp³-hybridized carbons (Fsp3) is 0.417. The molecule has 3 rings (SSSR count). The average molecular weight is 479 g/mol. The van der Waals surface area contributed by atoms with Gasteiger partial charge in [0.05, 0.1) is 0 Å². The van der Waals surface area contributed by atoms with E-state index in [4.69, 9.17) is 9.90 Å². The minimum atomic E-state index is -5.08. The normalized spacial score (nSPS) is 13.1. The quantitative estimate of drug-likeness (QED) is 0.591. The van der Waals surface area contributed by atoms with Crippen LogP contribution in [0, 0.1) is 0 Å². The lowest BCUT2D eigenvalue weighted by Gasteiger charge is -2.21. The molecule has 0 spiro atoms. The number of halogens is 3. The predicted molar refractivity (Wildman–Crippen MR) is 119 cm³/mol. The summed E-state index contributed by atoms with van der Waals surface area (Å²) < 4.78 is 31.7. The first-order valence-electron chi connectivity index (χ1n) is 10.9. The van der Waals surface area contributed by atoms with E-state index < -0.39 is 12.1 Å². The average Bonchev–Trinajstić information content (AvgIpc) is 3.06. The second-order valence-corrected chi connectivity index (χ2v) is 7.72. The summed E-state index contributed by atoms with van der Waals surface area (Å²) in [6, 6.07) is 9.81. The number of aliphatic carboxylic acids is 1. The second-order valence-electron chi connectivity index (χ2n) is 7.72. The zero-order valence-corrected chi connectivity index (χ0v) is 18.9. The van der Waals surface area contributed by atoms with Gasteiger partial charge in [0.15, 0.2) is 5.78 Å². The molecule has 0 unspecified atom stereocenters. The third kappa shape index (κ3) is 8.58. The molecule has 2 heterocycles. The Morgan fingerprint density at radius 1 is 1.03 bits per heavy atom. The zero-order valence-electron chi connectivity index (χ0n) is 18.9. The summed E-state index contributed by atoms with van der Waals surface area (Å²) >= 11 is 0. The Morgan fingerprint density at radius 3 is 2.24 bits per heavy atom. The maximum absolute atomic E-state index is 12.6. The van der Waals surface area contributed by atoms with E-state index in [1.54, 1.807) is 17.3 Å². The van der Waals surface area contributed by atoms with Crippen LogP contribution in [0.4, 0.5) is 13.2 Å². The number of pyridine rings is 1. The van der Waals surface area contributed by atoms with Crippen LogP contribution in [-0.2, 0) is 29.0 Å². The van der Waals surface area contributed by atoms with Gasteiger partial charge in [0.1, 0.15) is 0 Å². The highest BCUT2D eigenvalue weighted by atomic mass is 19.4. The van der Waals surface area contributed by atoms with Gasteiger partial charge in [-0.1, -0.05) is 12.1 Å². The van der Waals surface area contributed by atoms with E-state index in [0.29, 0.717) is 13.1 Å². The molecule has 0 aliphatic carbocycles. The van der Waals surface area contributed by atoms with Gasteiger partial charge in [0.25, 0.3) is 0 Å². The number of aromatic nitrogens is 1. The molecule has 184 valence electrons. The topological polar surface area (TPSA) is 99.6 Å². The van der Waals surface area contributed by atoms with E-state index in [0.717, 1.165) is 37.1 Å². The van der Waals surface area contributed by atoms with Crippen LogP contribution < -0.4 is 5.32 Å². The Labute approximate surface area is 196 Å². The van der Waals surface area contributed by atoms with Crippen LogP contribution in [0.15, 0.2) is 42.7 Å². The highest BCUT2D eigenvalue weighted by Gasteiger charge is 2.38. The zero-order chi connectivity index (χ0) is 25.1. The van der Waals surface area contributed by atoms with Crippen molar-refractivity contribution >= 4 is 17.7 Å². The van der Waals surface area contributed by atoms with Crippen molar-refractivity contribution < 1.29 is 32.7 Å². The van der Waals surface area contributed by atoms with Crippen molar-refractivity contribution in [2.75, 3.05) is 19.6 Å². The Morgan fingerprint density at radius 2 is 1.65 bits per heavy atom. The molecule has 0 atom stereocenters. The van der Waals surface area contributed by atoms with Crippen LogP contribution >= 0.6 is 0 Å². The number of amides is 1. The van der Waals surface area contributed by atoms with Crippen molar-refractivity contribution in [2.24, 2.45) is 0 Å². The number of alkyl halides is 3. The lowest BCUT2D eigenvalue weighted by Crippen LogP contribution is -2.30. The smallest absolute Gasteiger partial charge is 0.475 e. The first-order valence-corrected chi connectivity index (χ1v) is 10.9. The van der Waals surface area contributed by atoms with Gasteiger partial charge in [0, 0.05) is 43.9 Å². The van der Waals surface area contributed by atoms with Crippen LogP contribution in [0.1, 0.15) is 46.8 Å². The van der Waals surface area contributed by atoms with E-state index in [-0.39, 0.29) is 24.5 Å². The lowest BCUT2D eigenvalue weighted by atomic mass is 9.97. The molecule has 1 aliphatic heterocycles. The number of carbonyl (C=O) groups is 3. The van der Waals surface area contributed by atoms with Gasteiger partial charge < -0.3 is 15.3 Å². The van der Waals surface area contributed by atoms with Crippen molar-refractivity contribution in [3.8, 4) is 0 Å². The van der Waals surface area contributed by atoms with Gasteiger partial charge in [0.2, 0.25) is 5.91 Å². The number of ketones is 1. The number of carboxylic acids is 1. The summed E-state index contributed by atoms with van der Waals surface area (Å²) in [5, 5.41) is 10.5. The molecular weight excluding hydrogens is 451 g/mol. The molecule has 0 saturated carbocycles. The number of Topliss-reactive ketones (excluding diaryl/α,β-unsaturated/α-hetero) is 1. The van der Waals surface area contributed by atoms with Gasteiger partial charge in [-0.3, -0.25) is 14.6 Å². The van der Waals surface area contributed by atoms with Crippen LogP contribution in [0.5, 0.6) is 0 Å². The van der Waals surface area contributed by atoms with Crippen LogP contribution in [-0.4, -0.2) is 58.5 Å². The van der Waals surface area contributed by atoms with E-state index in [2.05, 4.69) is 16.4 Å². The molecule has 7 nitrogen and oxygen atoms in total. The Hall–Kier alpha value is -3.27. The molecule has 1 aliphatic rings. The Kier molecular flexibility index (Phi) is 10.2. The molecule has 2 N–H and O–H groups in total. The first kappa shape index (κ1) is 27.0. The summed E-state index contributed by atoms with van der Waals surface area (Å²) in [4.78, 5) is 39.8. The van der Waals surface area contributed by atoms with E-state index in [1.807, 2.05) is 31.2 Å². The maximum Gasteiger partial charge on any atom is 0.490 e. The Bertz CT molecular complexity index is 981. The number of hydrogen-bond acceptors (Lipinski definition) is 5. The van der Waals surface area contributed by atoms with Crippen LogP contribution in [0.3, 0.4) is 0 Å². The van der Waals surface area contributed by atoms with Crippen LogP contribution in [0.25, 0.3) is 0 Å². The summed E-state index contributed by atoms with van der Waals surface area (Å²) in [6.07, 6.45) is 0.822. The third-order valence-electron chi connectivity index (χ3n) is 5.34. The third-order valence-corrected chi connectivity index (χ3v) is 5.34. The van der Waals surface area contributed by atoms with Crippen molar-refractivity contribution in [3.05, 3.63) is 65.0 Å². The van der Waals surface area contributed by atoms with Gasteiger partial charge in [-0.2, -0.15) is 13.2 Å². The number of carbonyl (C=O) groups excluding carboxylic acids is 2. The van der Waals surface area contributed by atoms with Crippen molar-refractivity contribution in [1.29, 1.82) is 0 Å². The number of benzene rings is 1. The minimum absolute atomic E-state index is 0.0154. The SMILES string of the molecule is CCN(Cc1ccncc1)C(=O)CCC(=O)c1ccc2c(c1)CCNCC2.O=C(O)C(F)(F)F. The lowest BCUT2D eigenvalue weighted by molar-refractivity contribution is -0.192. The largest absolute Gasteiger partial charge is 0.490 e. The minimum Gasteiger partial charge on any atom is -0.475 e. The van der Waals surface area contributed by atoms with Crippen LogP contribution in [0.2, 0.25) is 0 Å². The van der Waals surface area contributed by atoms with E-state index in [1.165, 1.54) is 11.1 Å². The van der Waals surface area contributed by atoms with Gasteiger partial charge in [-0.15, -0.1) is 0 Å². The van der Waals surface area contributed by atoms with E-state index in [9.17, 15) is 22.8 Å². The molecule has 1 aromatic heterocycles. The summed E-state index contributed by atoms with van der Waals surface area (Å²) in [5.41, 5.74) is 4.35. The molecule has 1 aromatic carbocycles. The van der Waals surface area contributed by atoms with Crippen molar-refractivity contribution in [1.82, 2.24) is 15.2 Å². The molecule has 1 amide bonds. The fourth-order valence-corrected chi connectivity index (χ4v) is 3.45. The molecule has 0 saturated heterocycles. The molecule has 0 radical (unpaired) electrons. The number of fused-ring (bicyclic) bond motifs is 1. The molecular formula is C24H28F3N3O4. The number of nitrogens with one attached hydrogen (secondary N) is 1. The number of hydrogen-bond donors (Lipinski definition) is 2. The number of carboxylic acid groups (broad SMARTS) is 1. The summed E-state index contributed by atoms with van der Waals surface area (Å²) in [7, 11) is 0. The second kappa shape index (κ2) is 12.8. The predicted octanol–water partition coefficient (Wildman–Crippen LogP) is 3.41. The number of nitrogens with zero attached hydrogens (tertiary/aromatic N) is 2. The van der Waals surface area contributed by atoms with Crippen molar-refractivity contribution in [2.45, 2.75) is 45.3 Å². The molecule has 2 aromatic rings. The number of rotatable bonds is 7. The molecule has 0 bridgehead atoms. The highest BCUT2D eigenvalue weighted by molar-refractivity contribution is 5.98. The fourth-order valence-electron chi connectivity index (χ4n) is 3.45. The Balaban J connectivity index is 0.000000509. The van der Waals surface area contributed by atoms with Gasteiger partial charge in [-0.25, -0.2) is 4.79 Å². The first-order chi connectivity index (χ1) is 16.1.